The summed E-state index contributed by atoms with van der Waals surface area (Å²) in [6.07, 6.45) is 5.92. The zero-order chi connectivity index (χ0) is 42.0. The van der Waals surface area contributed by atoms with Crippen LogP contribution in [0.15, 0.2) is 78.9 Å². The summed E-state index contributed by atoms with van der Waals surface area (Å²) in [6.45, 7) is 12.9. The van der Waals surface area contributed by atoms with Gasteiger partial charge < -0.3 is 19.5 Å². The number of amides is 1. The quantitative estimate of drug-likeness (QED) is 0.0918. The molecule has 4 aromatic carbocycles. The van der Waals surface area contributed by atoms with Crippen LogP contribution in [0.5, 0.6) is 5.75 Å². The molecule has 3 aliphatic rings. The largest absolute Gasteiger partial charge is 0.494 e. The maximum Gasteiger partial charge on any atom is 0.355 e. The second-order valence-electron chi connectivity index (χ2n) is 17.2. The second kappa shape index (κ2) is 18.2. The number of hydrogen-bond donors (Lipinski definition) is 2. The van der Waals surface area contributed by atoms with E-state index in [4.69, 9.17) is 9.47 Å². The third-order valence-corrected chi connectivity index (χ3v) is 15.5. The molecule has 2 fully saturated rings. The summed E-state index contributed by atoms with van der Waals surface area (Å²) < 4.78 is 13.5. The molecule has 0 bridgehead atoms. The highest BCUT2D eigenvalue weighted by Crippen LogP contribution is 2.50. The Morgan fingerprint density at radius 1 is 0.984 bits per heavy atom. The number of benzene rings is 4. The summed E-state index contributed by atoms with van der Waals surface area (Å²) >= 11 is 2.89. The Kier molecular flexibility index (Phi) is 12.4. The van der Waals surface area contributed by atoms with Crippen LogP contribution in [0.25, 0.3) is 21.0 Å². The van der Waals surface area contributed by atoms with Crippen LogP contribution in [-0.2, 0) is 30.5 Å². The standard InChI is InChI=1S/C49H55N5O5S2/c1-4-30(2)31(3)38-27-39(38)42-29-53(22-24-59-42)20-8-23-58-36-17-16-34-25-32(13-15-35(34)26-36)14-18-44-45(47(56)57)51-49(61-44)54-21-19-33-9-7-10-37(40(33)28-54)46(55)52-48-50-41-11-5-6-12-43(41)60-48/h5-7,9-13,15-17,25-26,30-31,38-39,42H,4,8,14,18-24,27-29H2,1-3H3,(H,56,57)(H,50,52,55). The number of rotatable bonds is 16. The Bertz CT molecular complexity index is 2500. The van der Waals surface area contributed by atoms with Gasteiger partial charge in [0.25, 0.3) is 5.91 Å². The number of aryl methyl sites for hydroxylation is 2. The van der Waals surface area contributed by atoms with Crippen LogP contribution in [0.2, 0.25) is 0 Å². The SMILES string of the molecule is CCC(C)C(C)C1CC1C1CN(CCCOc2ccc3cc(CCc4sc(N5CCc6cccc(C(=O)Nc7nc8ccccc8s7)c6C5)nc4C(=O)O)ccc3c2)CCO1. The molecular formula is C49H55N5O5S2. The number of ether oxygens (including phenoxy) is 2. The number of aromatic nitrogens is 2. The van der Waals surface area contributed by atoms with E-state index < -0.39 is 5.97 Å². The van der Waals surface area contributed by atoms with Gasteiger partial charge in [-0.15, -0.1) is 11.3 Å². The molecule has 1 saturated heterocycles. The van der Waals surface area contributed by atoms with Gasteiger partial charge in [-0.05, 0) is 114 Å². The number of nitrogens with one attached hydrogen (secondary N) is 1. The van der Waals surface area contributed by atoms with E-state index in [-0.39, 0.29) is 11.6 Å². The smallest absolute Gasteiger partial charge is 0.355 e. The van der Waals surface area contributed by atoms with Crippen molar-refractivity contribution in [2.75, 3.05) is 49.6 Å². The van der Waals surface area contributed by atoms with Gasteiger partial charge in [0.05, 0.1) is 29.5 Å². The molecule has 61 heavy (non-hydrogen) atoms. The molecule has 10 nitrogen and oxygen atoms in total. The van der Waals surface area contributed by atoms with Crippen LogP contribution in [-0.4, -0.2) is 77.3 Å². The van der Waals surface area contributed by atoms with Gasteiger partial charge in [0, 0.05) is 43.2 Å². The summed E-state index contributed by atoms with van der Waals surface area (Å²) in [7, 11) is 0. The van der Waals surface area contributed by atoms with Crippen molar-refractivity contribution in [2.45, 2.75) is 71.9 Å². The highest BCUT2D eigenvalue weighted by Gasteiger charge is 2.48. The fourth-order valence-electron chi connectivity index (χ4n) is 9.37. The van der Waals surface area contributed by atoms with Crippen LogP contribution in [0.3, 0.4) is 0 Å². The van der Waals surface area contributed by atoms with Crippen molar-refractivity contribution in [2.24, 2.45) is 23.7 Å². The molecule has 2 N–H and O–H groups in total. The number of nitrogens with zero attached hydrogens (tertiary/aromatic N) is 4. The van der Waals surface area contributed by atoms with Crippen LogP contribution >= 0.6 is 22.7 Å². The Morgan fingerprint density at radius 2 is 1.84 bits per heavy atom. The van der Waals surface area contributed by atoms with E-state index in [1.807, 2.05) is 42.5 Å². The molecule has 5 unspecified atom stereocenters. The lowest BCUT2D eigenvalue weighted by Gasteiger charge is -2.33. The molecule has 12 heteroatoms. The number of carboxylic acid groups (broad SMARTS) is 1. The van der Waals surface area contributed by atoms with Crippen molar-refractivity contribution in [3.05, 3.63) is 112 Å². The van der Waals surface area contributed by atoms with Crippen molar-refractivity contribution in [3.63, 3.8) is 0 Å². The van der Waals surface area contributed by atoms with Crippen molar-refractivity contribution in [1.82, 2.24) is 14.9 Å². The molecule has 9 rings (SSSR count). The maximum atomic E-state index is 13.6. The van der Waals surface area contributed by atoms with Gasteiger partial charge in [0.2, 0.25) is 0 Å². The molecule has 2 aromatic heterocycles. The molecule has 0 spiro atoms. The first kappa shape index (κ1) is 41.5. The van der Waals surface area contributed by atoms with Gasteiger partial charge in [-0.1, -0.05) is 87.1 Å². The number of carboxylic acids is 1. The predicted molar refractivity (Wildman–Crippen MR) is 246 cm³/mol. The fourth-order valence-corrected chi connectivity index (χ4v) is 11.3. The molecule has 2 aliphatic heterocycles. The lowest BCUT2D eigenvalue weighted by Crippen LogP contribution is -2.44. The Balaban J connectivity index is 0.782. The summed E-state index contributed by atoms with van der Waals surface area (Å²) in [5.41, 5.74) is 4.73. The topological polar surface area (TPSA) is 117 Å². The van der Waals surface area contributed by atoms with Crippen LogP contribution in [0.1, 0.15) is 82.4 Å². The van der Waals surface area contributed by atoms with Gasteiger partial charge >= 0.3 is 5.97 Å². The molecule has 1 saturated carbocycles. The molecule has 6 aromatic rings. The monoisotopic (exact) mass is 857 g/mol. The first-order valence-electron chi connectivity index (χ1n) is 22.0. The van der Waals surface area contributed by atoms with Crippen molar-refractivity contribution in [3.8, 4) is 5.75 Å². The summed E-state index contributed by atoms with van der Waals surface area (Å²) in [5.74, 6) is 2.76. The van der Waals surface area contributed by atoms with Gasteiger partial charge in [-0.3, -0.25) is 15.0 Å². The van der Waals surface area contributed by atoms with Crippen molar-refractivity contribution in [1.29, 1.82) is 0 Å². The average Bonchev–Trinajstić information content (AvgIpc) is 3.79. The molecule has 1 aliphatic carbocycles. The van der Waals surface area contributed by atoms with Crippen LogP contribution < -0.4 is 15.0 Å². The number of morpholine rings is 1. The average molecular weight is 858 g/mol. The zero-order valence-corrected chi connectivity index (χ0v) is 36.9. The normalized spacial score (nSPS) is 20.0. The minimum atomic E-state index is -1.02. The summed E-state index contributed by atoms with van der Waals surface area (Å²) in [5, 5.41) is 16.7. The number of anilines is 2. The first-order valence-corrected chi connectivity index (χ1v) is 23.6. The van der Waals surface area contributed by atoms with Gasteiger partial charge in [0.1, 0.15) is 5.75 Å². The maximum absolute atomic E-state index is 13.6. The number of carbonyl (C=O) groups is 2. The fraction of sp³-hybridized carbons (Fsp3) is 0.429. The minimum absolute atomic E-state index is 0.104. The molecule has 4 heterocycles. The molecule has 5 atom stereocenters. The minimum Gasteiger partial charge on any atom is -0.494 e. The van der Waals surface area contributed by atoms with E-state index in [9.17, 15) is 14.7 Å². The van der Waals surface area contributed by atoms with Crippen molar-refractivity contribution >= 4 is 65.8 Å². The second-order valence-corrected chi connectivity index (χ2v) is 19.3. The van der Waals surface area contributed by atoms with E-state index >= 15 is 0 Å². The van der Waals surface area contributed by atoms with Crippen molar-refractivity contribution < 1.29 is 24.2 Å². The molecule has 1 amide bonds. The van der Waals surface area contributed by atoms with E-state index in [2.05, 4.69) is 82.3 Å². The van der Waals surface area contributed by atoms with E-state index in [1.54, 1.807) is 0 Å². The first-order chi connectivity index (χ1) is 29.7. The molecule has 318 valence electrons. The number of hydrogen-bond acceptors (Lipinski definition) is 10. The molecular weight excluding hydrogens is 803 g/mol. The number of para-hydroxylation sites is 1. The lowest BCUT2D eigenvalue weighted by atomic mass is 9.88. The number of thiazole rings is 2. The van der Waals surface area contributed by atoms with E-state index in [0.717, 1.165) is 111 Å². The summed E-state index contributed by atoms with van der Waals surface area (Å²) in [6, 6.07) is 26.4. The highest BCUT2D eigenvalue weighted by molar-refractivity contribution is 7.22. The van der Waals surface area contributed by atoms with Crippen LogP contribution in [0.4, 0.5) is 10.3 Å². The molecule has 0 radical (unpaired) electrons. The zero-order valence-electron chi connectivity index (χ0n) is 35.3. The third-order valence-electron chi connectivity index (χ3n) is 13.4. The Labute approximate surface area is 365 Å². The van der Waals surface area contributed by atoms with Gasteiger partial charge in [0.15, 0.2) is 16.0 Å². The van der Waals surface area contributed by atoms with Gasteiger partial charge in [-0.2, -0.15) is 0 Å². The van der Waals surface area contributed by atoms with Gasteiger partial charge in [-0.25, -0.2) is 14.8 Å². The Morgan fingerprint density at radius 3 is 2.69 bits per heavy atom. The number of carbonyl (C=O) groups excluding carboxylic acids is 1. The van der Waals surface area contributed by atoms with E-state index in [1.165, 1.54) is 35.5 Å². The van der Waals surface area contributed by atoms with Crippen LogP contribution in [0, 0.1) is 23.7 Å². The number of aromatic carboxylic acids is 1. The third kappa shape index (κ3) is 9.33. The highest BCUT2D eigenvalue weighted by atomic mass is 32.1. The Hall–Kier alpha value is -4.88. The summed E-state index contributed by atoms with van der Waals surface area (Å²) in [4.78, 5) is 40.7. The van der Waals surface area contributed by atoms with E-state index in [0.29, 0.717) is 54.5 Å². The lowest BCUT2D eigenvalue weighted by molar-refractivity contribution is -0.0442. The predicted octanol–water partition coefficient (Wildman–Crippen LogP) is 9.99. The number of fused-ring (bicyclic) bond motifs is 3.